The van der Waals surface area contributed by atoms with Crippen molar-refractivity contribution in [2.24, 2.45) is 5.10 Å². The zero-order valence-electron chi connectivity index (χ0n) is 11.9. The first-order valence-corrected chi connectivity index (χ1v) is 7.04. The van der Waals surface area contributed by atoms with Crippen LogP contribution >= 0.6 is 0 Å². The van der Waals surface area contributed by atoms with Crippen LogP contribution in [-0.2, 0) is 4.79 Å². The Balaban J connectivity index is 1.58. The SMILES string of the molecule is O=C1Nc2ccccc2/C1=N/Nc1nnc(-c2ccccc2)[nH]1. The Bertz CT molecular complexity index is 900. The standard InChI is InChI=1S/C16H12N6O/c23-15-13(11-8-4-5-9-12(11)17-15)19-21-16-18-14(20-22-16)10-6-2-1-3-7-10/h1-9H,(H,17,19,23)(H2,18,20,21,22). The number of hydrogen-bond acceptors (Lipinski definition) is 5. The highest BCUT2D eigenvalue weighted by Gasteiger charge is 2.25. The van der Waals surface area contributed by atoms with E-state index in [4.69, 9.17) is 0 Å². The lowest BCUT2D eigenvalue weighted by Crippen LogP contribution is -2.16. The lowest BCUT2D eigenvalue weighted by molar-refractivity contribution is -0.110. The second-order valence-corrected chi connectivity index (χ2v) is 4.96. The fraction of sp³-hybridized carbons (Fsp3) is 0. The number of hydrazone groups is 1. The molecule has 112 valence electrons. The molecule has 1 aromatic heterocycles. The van der Waals surface area contributed by atoms with Gasteiger partial charge >= 0.3 is 0 Å². The van der Waals surface area contributed by atoms with E-state index in [1.165, 1.54) is 0 Å². The minimum atomic E-state index is -0.249. The molecule has 0 aliphatic carbocycles. The van der Waals surface area contributed by atoms with Gasteiger partial charge in [-0.15, -0.1) is 10.2 Å². The molecule has 0 saturated carbocycles. The van der Waals surface area contributed by atoms with E-state index in [1.54, 1.807) is 0 Å². The summed E-state index contributed by atoms with van der Waals surface area (Å²) in [5.41, 5.74) is 5.49. The minimum absolute atomic E-state index is 0.249. The van der Waals surface area contributed by atoms with E-state index in [0.717, 1.165) is 16.8 Å². The van der Waals surface area contributed by atoms with Crippen LogP contribution in [0.3, 0.4) is 0 Å². The van der Waals surface area contributed by atoms with Crippen LogP contribution in [0.1, 0.15) is 5.56 Å². The molecule has 0 unspecified atom stereocenters. The average molecular weight is 304 g/mol. The summed E-state index contributed by atoms with van der Waals surface area (Å²) in [5.74, 6) is 0.750. The smallest absolute Gasteiger partial charge is 0.276 e. The summed E-state index contributed by atoms with van der Waals surface area (Å²) in [4.78, 5) is 15.0. The minimum Gasteiger partial charge on any atom is -0.320 e. The van der Waals surface area contributed by atoms with E-state index in [2.05, 4.69) is 31.0 Å². The first kappa shape index (κ1) is 13.2. The van der Waals surface area contributed by atoms with Gasteiger partial charge in [0.2, 0.25) is 5.95 Å². The van der Waals surface area contributed by atoms with E-state index in [1.807, 2.05) is 54.6 Å². The fourth-order valence-electron chi connectivity index (χ4n) is 2.36. The molecule has 2 aromatic carbocycles. The molecule has 0 saturated heterocycles. The number of aromatic amines is 1. The lowest BCUT2D eigenvalue weighted by atomic mass is 10.1. The number of anilines is 2. The summed E-state index contributed by atoms with van der Waals surface area (Å²) in [5, 5.41) is 14.9. The Morgan fingerprint density at radius 2 is 1.74 bits per heavy atom. The normalized spacial score (nSPS) is 14.6. The van der Waals surface area contributed by atoms with Gasteiger partial charge in [-0.05, 0) is 6.07 Å². The van der Waals surface area contributed by atoms with Crippen LogP contribution < -0.4 is 10.7 Å². The third kappa shape index (κ3) is 2.44. The van der Waals surface area contributed by atoms with Gasteiger partial charge in [0.15, 0.2) is 11.5 Å². The average Bonchev–Trinajstić information content (AvgIpc) is 3.18. The molecule has 4 rings (SSSR count). The summed E-state index contributed by atoms with van der Waals surface area (Å²) >= 11 is 0. The summed E-state index contributed by atoms with van der Waals surface area (Å²) in [6.45, 7) is 0. The molecule has 0 atom stereocenters. The predicted molar refractivity (Wildman–Crippen MR) is 87.1 cm³/mol. The number of benzene rings is 2. The molecule has 3 N–H and O–H groups in total. The largest absolute Gasteiger partial charge is 0.320 e. The highest BCUT2D eigenvalue weighted by Crippen LogP contribution is 2.22. The number of para-hydroxylation sites is 1. The number of fused-ring (bicyclic) bond motifs is 1. The zero-order chi connectivity index (χ0) is 15.6. The van der Waals surface area contributed by atoms with Crippen LogP contribution in [0.5, 0.6) is 0 Å². The molecule has 7 nitrogen and oxygen atoms in total. The van der Waals surface area contributed by atoms with Crippen LogP contribution in [0.25, 0.3) is 11.4 Å². The molecule has 7 heteroatoms. The van der Waals surface area contributed by atoms with Gasteiger partial charge in [-0.3, -0.25) is 4.79 Å². The van der Waals surface area contributed by atoms with Crippen molar-refractivity contribution >= 4 is 23.3 Å². The van der Waals surface area contributed by atoms with Crippen LogP contribution in [0, 0.1) is 0 Å². The molecule has 3 aromatic rings. The van der Waals surface area contributed by atoms with Gasteiger partial charge in [-0.1, -0.05) is 48.5 Å². The molecular weight excluding hydrogens is 292 g/mol. The number of rotatable bonds is 3. The molecule has 1 aliphatic heterocycles. The molecule has 0 spiro atoms. The van der Waals surface area contributed by atoms with Crippen LogP contribution in [0.2, 0.25) is 0 Å². The third-order valence-electron chi connectivity index (χ3n) is 3.45. The van der Waals surface area contributed by atoms with E-state index >= 15 is 0 Å². The number of nitrogens with zero attached hydrogens (tertiary/aromatic N) is 3. The Labute approximate surface area is 131 Å². The number of H-pyrrole nitrogens is 1. The van der Waals surface area contributed by atoms with Crippen molar-refractivity contribution in [2.45, 2.75) is 0 Å². The third-order valence-corrected chi connectivity index (χ3v) is 3.45. The van der Waals surface area contributed by atoms with Gasteiger partial charge in [0.05, 0.1) is 5.69 Å². The molecule has 1 aliphatic rings. The van der Waals surface area contributed by atoms with Gasteiger partial charge < -0.3 is 10.3 Å². The Kier molecular flexibility index (Phi) is 3.09. The summed E-state index contributed by atoms with van der Waals surface area (Å²) in [6, 6.07) is 17.0. The predicted octanol–water partition coefficient (Wildman–Crippen LogP) is 2.24. The number of aromatic nitrogens is 3. The second kappa shape index (κ2) is 5.38. The first-order chi connectivity index (χ1) is 11.3. The molecule has 2 heterocycles. The molecule has 0 fully saturated rings. The van der Waals surface area contributed by atoms with E-state index in [0.29, 0.717) is 17.5 Å². The van der Waals surface area contributed by atoms with Crippen LogP contribution in [0.4, 0.5) is 11.6 Å². The fourth-order valence-corrected chi connectivity index (χ4v) is 2.36. The number of carbonyl (C=O) groups excluding carboxylic acids is 1. The topological polar surface area (TPSA) is 95.1 Å². The van der Waals surface area contributed by atoms with Crippen LogP contribution in [0.15, 0.2) is 59.7 Å². The van der Waals surface area contributed by atoms with Crippen molar-refractivity contribution in [3.8, 4) is 11.4 Å². The Morgan fingerprint density at radius 1 is 0.957 bits per heavy atom. The van der Waals surface area contributed by atoms with Gasteiger partial charge in [0.1, 0.15) is 0 Å². The van der Waals surface area contributed by atoms with Crippen LogP contribution in [-0.4, -0.2) is 26.8 Å². The van der Waals surface area contributed by atoms with E-state index in [9.17, 15) is 4.79 Å². The van der Waals surface area contributed by atoms with Gasteiger partial charge in [0.25, 0.3) is 5.91 Å². The monoisotopic (exact) mass is 304 g/mol. The number of hydrogen-bond donors (Lipinski definition) is 3. The second-order valence-electron chi connectivity index (χ2n) is 4.96. The maximum Gasteiger partial charge on any atom is 0.276 e. The molecular formula is C16H12N6O. The van der Waals surface area contributed by atoms with Crippen molar-refractivity contribution < 1.29 is 4.79 Å². The van der Waals surface area contributed by atoms with Gasteiger partial charge in [-0.2, -0.15) is 5.10 Å². The summed E-state index contributed by atoms with van der Waals surface area (Å²) < 4.78 is 0. The van der Waals surface area contributed by atoms with E-state index in [-0.39, 0.29) is 5.91 Å². The van der Waals surface area contributed by atoms with E-state index < -0.39 is 0 Å². The van der Waals surface area contributed by atoms with Gasteiger partial charge in [-0.25, -0.2) is 5.43 Å². The first-order valence-electron chi connectivity index (χ1n) is 7.04. The van der Waals surface area contributed by atoms with Crippen molar-refractivity contribution in [1.82, 2.24) is 15.2 Å². The molecule has 0 radical (unpaired) electrons. The van der Waals surface area contributed by atoms with Crippen molar-refractivity contribution in [2.75, 3.05) is 10.7 Å². The Morgan fingerprint density at radius 3 is 2.61 bits per heavy atom. The molecule has 23 heavy (non-hydrogen) atoms. The Hall–Kier alpha value is -3.48. The highest BCUT2D eigenvalue weighted by atomic mass is 16.2. The van der Waals surface area contributed by atoms with Crippen molar-refractivity contribution in [1.29, 1.82) is 0 Å². The number of carbonyl (C=O) groups is 1. The quantitative estimate of drug-likeness (QED) is 0.647. The molecule has 1 amide bonds. The maximum atomic E-state index is 12.0. The molecule has 0 bridgehead atoms. The maximum absolute atomic E-state index is 12.0. The number of amides is 1. The summed E-state index contributed by atoms with van der Waals surface area (Å²) in [6.07, 6.45) is 0. The highest BCUT2D eigenvalue weighted by molar-refractivity contribution is 6.53. The summed E-state index contributed by atoms with van der Waals surface area (Å²) in [7, 11) is 0. The lowest BCUT2D eigenvalue weighted by Gasteiger charge is -1.97. The van der Waals surface area contributed by atoms with Crippen molar-refractivity contribution in [3.63, 3.8) is 0 Å². The zero-order valence-corrected chi connectivity index (χ0v) is 11.9. The number of nitrogens with one attached hydrogen (secondary N) is 3. The van der Waals surface area contributed by atoms with Crippen molar-refractivity contribution in [3.05, 3.63) is 60.2 Å². The van der Waals surface area contributed by atoms with Gasteiger partial charge in [0, 0.05) is 11.1 Å².